The third-order valence-corrected chi connectivity index (χ3v) is 6.17. The van der Waals surface area contributed by atoms with Gasteiger partial charge in [0.05, 0.1) is 31.2 Å². The number of carbonyl (C=O) groups is 2. The van der Waals surface area contributed by atoms with Gasteiger partial charge in [0.1, 0.15) is 4.90 Å². The molecule has 1 heterocycles. The second-order valence-electron chi connectivity index (χ2n) is 5.39. The Morgan fingerprint density at radius 3 is 2.46 bits per heavy atom. The molecule has 1 aromatic rings. The lowest BCUT2D eigenvalue weighted by Crippen LogP contribution is -3.15. The molecule has 0 saturated carbocycles. The van der Waals surface area contributed by atoms with Crippen molar-refractivity contribution >= 4 is 33.6 Å². The Hall–Kier alpha value is -1.68. The zero-order valence-electron chi connectivity index (χ0n) is 13.2. The van der Waals surface area contributed by atoms with Gasteiger partial charge in [0, 0.05) is 7.05 Å². The van der Waals surface area contributed by atoms with Crippen molar-refractivity contribution in [2.75, 3.05) is 39.8 Å². The van der Waals surface area contributed by atoms with Crippen LogP contribution in [0.3, 0.4) is 0 Å². The number of quaternary nitrogens is 1. The average molecular weight is 376 g/mol. The van der Waals surface area contributed by atoms with Crippen molar-refractivity contribution in [1.29, 1.82) is 0 Å². The fraction of sp³-hybridized carbons (Fsp3) is 0.429. The minimum atomic E-state index is -3.64. The summed E-state index contributed by atoms with van der Waals surface area (Å²) in [6.45, 7) is 1.65. The molecule has 132 valence electrons. The number of nitrogens with zero attached hydrogens (tertiary/aromatic N) is 1. The molecule has 0 aliphatic carbocycles. The summed E-state index contributed by atoms with van der Waals surface area (Å²) in [5, 5.41) is 4.69. The van der Waals surface area contributed by atoms with E-state index in [1.165, 1.54) is 17.4 Å². The van der Waals surface area contributed by atoms with Crippen LogP contribution in [-0.4, -0.2) is 64.4 Å². The van der Waals surface area contributed by atoms with E-state index < -0.39 is 22.0 Å². The smallest absolute Gasteiger partial charge is 0.321 e. The van der Waals surface area contributed by atoms with Gasteiger partial charge in [0.25, 0.3) is 5.91 Å². The molecule has 1 aliphatic heterocycles. The maximum Gasteiger partial charge on any atom is 0.321 e. The minimum absolute atomic E-state index is 0.0903. The highest BCUT2D eigenvalue weighted by molar-refractivity contribution is 7.89. The first kappa shape index (κ1) is 18.7. The Kier molecular flexibility index (Phi) is 6.16. The maximum atomic E-state index is 12.6. The molecule has 0 bridgehead atoms. The van der Waals surface area contributed by atoms with Gasteiger partial charge in [-0.05, 0) is 12.1 Å². The van der Waals surface area contributed by atoms with Crippen molar-refractivity contribution in [3.8, 4) is 0 Å². The Bertz CT molecular complexity index is 717. The Morgan fingerprint density at radius 1 is 1.25 bits per heavy atom. The third-order valence-electron chi connectivity index (χ3n) is 3.77. The summed E-state index contributed by atoms with van der Waals surface area (Å²) >= 11 is 5.99. The molecular weight excluding hydrogens is 356 g/mol. The van der Waals surface area contributed by atoms with Crippen LogP contribution in [-0.2, 0) is 14.8 Å². The summed E-state index contributed by atoms with van der Waals surface area (Å²) in [5.41, 5.74) is 0. The Morgan fingerprint density at radius 2 is 1.88 bits per heavy atom. The number of halogens is 1. The summed E-state index contributed by atoms with van der Waals surface area (Å²) in [4.78, 5) is 23.8. The second kappa shape index (κ2) is 7.93. The molecule has 1 aromatic carbocycles. The van der Waals surface area contributed by atoms with Gasteiger partial charge in [-0.3, -0.25) is 10.1 Å². The molecule has 1 fully saturated rings. The van der Waals surface area contributed by atoms with Crippen molar-refractivity contribution in [2.45, 2.75) is 4.90 Å². The highest BCUT2D eigenvalue weighted by Gasteiger charge is 2.32. The normalized spacial score (nSPS) is 16.6. The van der Waals surface area contributed by atoms with Crippen LogP contribution in [0.4, 0.5) is 4.79 Å². The van der Waals surface area contributed by atoms with E-state index in [-0.39, 0.29) is 29.6 Å². The van der Waals surface area contributed by atoms with Crippen LogP contribution in [0.25, 0.3) is 0 Å². The number of nitrogens with one attached hydrogen (secondary N) is 3. The minimum Gasteiger partial charge on any atom is -0.341 e. The van der Waals surface area contributed by atoms with Gasteiger partial charge in [-0.2, -0.15) is 4.31 Å². The molecule has 0 unspecified atom stereocenters. The number of piperazine rings is 1. The molecule has 0 atom stereocenters. The van der Waals surface area contributed by atoms with E-state index in [0.29, 0.717) is 13.1 Å². The first-order valence-corrected chi connectivity index (χ1v) is 9.26. The first-order chi connectivity index (χ1) is 11.3. The summed E-state index contributed by atoms with van der Waals surface area (Å²) in [5.74, 6) is -0.397. The number of rotatable bonds is 4. The summed E-state index contributed by atoms with van der Waals surface area (Å²) < 4.78 is 26.6. The number of carbonyl (C=O) groups excluding carboxylic acids is 2. The summed E-state index contributed by atoms with van der Waals surface area (Å²) in [6.07, 6.45) is 0. The number of benzene rings is 1. The second-order valence-corrected chi connectivity index (χ2v) is 7.70. The SMILES string of the molecule is CNC(=O)NC(=O)C[NH+]1CCN(S(=O)(=O)c2ccccc2Cl)CC1. The lowest BCUT2D eigenvalue weighted by atomic mass is 10.3. The fourth-order valence-corrected chi connectivity index (χ4v) is 4.41. The van der Waals surface area contributed by atoms with E-state index in [2.05, 4.69) is 10.6 Å². The zero-order chi connectivity index (χ0) is 17.7. The first-order valence-electron chi connectivity index (χ1n) is 7.44. The molecule has 1 saturated heterocycles. The maximum absolute atomic E-state index is 12.6. The number of hydrogen-bond acceptors (Lipinski definition) is 4. The Balaban J connectivity index is 1.94. The van der Waals surface area contributed by atoms with Crippen molar-refractivity contribution in [3.05, 3.63) is 29.3 Å². The van der Waals surface area contributed by atoms with Crippen LogP contribution in [0.1, 0.15) is 0 Å². The van der Waals surface area contributed by atoms with Gasteiger partial charge < -0.3 is 10.2 Å². The molecule has 2 rings (SSSR count). The molecular formula is C14H20ClN4O4S+. The van der Waals surface area contributed by atoms with Gasteiger partial charge in [-0.1, -0.05) is 23.7 Å². The van der Waals surface area contributed by atoms with Crippen LogP contribution < -0.4 is 15.5 Å². The van der Waals surface area contributed by atoms with Crippen LogP contribution in [0.2, 0.25) is 5.02 Å². The molecule has 0 aromatic heterocycles. The van der Waals surface area contributed by atoms with Gasteiger partial charge >= 0.3 is 6.03 Å². The molecule has 3 amide bonds. The average Bonchev–Trinajstić information content (AvgIpc) is 2.55. The van der Waals surface area contributed by atoms with Crippen LogP contribution in [0, 0.1) is 0 Å². The zero-order valence-corrected chi connectivity index (χ0v) is 14.8. The van der Waals surface area contributed by atoms with E-state index in [4.69, 9.17) is 11.6 Å². The molecule has 1 aliphatic rings. The topological polar surface area (TPSA) is 100 Å². The predicted octanol–water partition coefficient (Wildman–Crippen LogP) is -1.32. The number of hydrogen-bond donors (Lipinski definition) is 3. The highest BCUT2D eigenvalue weighted by Crippen LogP contribution is 2.23. The molecule has 3 N–H and O–H groups in total. The summed E-state index contributed by atoms with van der Waals surface area (Å²) in [6, 6.07) is 5.77. The van der Waals surface area contributed by atoms with E-state index in [0.717, 1.165) is 4.90 Å². The van der Waals surface area contributed by atoms with Crippen molar-refractivity contribution < 1.29 is 22.9 Å². The molecule has 24 heavy (non-hydrogen) atoms. The van der Waals surface area contributed by atoms with E-state index in [1.807, 2.05) is 0 Å². The standard InChI is InChI=1S/C14H19ClN4O4S/c1-16-14(21)17-13(20)10-18-6-8-19(9-7-18)24(22,23)12-5-3-2-4-11(12)15/h2-5H,6-10H2,1H3,(H2,16,17,20,21)/p+1. The molecule has 0 radical (unpaired) electrons. The van der Waals surface area contributed by atoms with Crippen molar-refractivity contribution in [2.24, 2.45) is 0 Å². The van der Waals surface area contributed by atoms with Crippen LogP contribution in [0.15, 0.2) is 29.2 Å². The molecule has 8 nitrogen and oxygen atoms in total. The molecule has 10 heteroatoms. The summed E-state index contributed by atoms with van der Waals surface area (Å²) in [7, 11) is -2.22. The van der Waals surface area contributed by atoms with E-state index in [9.17, 15) is 18.0 Å². The predicted molar refractivity (Wildman–Crippen MR) is 88.4 cm³/mol. The highest BCUT2D eigenvalue weighted by atomic mass is 35.5. The van der Waals surface area contributed by atoms with Gasteiger partial charge in [-0.25, -0.2) is 13.2 Å². The third kappa shape index (κ3) is 4.44. The molecule has 0 spiro atoms. The van der Waals surface area contributed by atoms with Gasteiger partial charge in [0.15, 0.2) is 6.54 Å². The lowest BCUT2D eigenvalue weighted by Gasteiger charge is -2.31. The van der Waals surface area contributed by atoms with Crippen LogP contribution >= 0.6 is 11.6 Å². The van der Waals surface area contributed by atoms with E-state index >= 15 is 0 Å². The number of urea groups is 1. The largest absolute Gasteiger partial charge is 0.341 e. The number of amides is 3. The quantitative estimate of drug-likeness (QED) is 0.608. The lowest BCUT2D eigenvalue weighted by molar-refractivity contribution is -0.895. The van der Waals surface area contributed by atoms with Gasteiger partial charge in [-0.15, -0.1) is 0 Å². The Labute approximate surface area is 145 Å². The number of imide groups is 1. The van der Waals surface area contributed by atoms with Crippen LogP contribution in [0.5, 0.6) is 0 Å². The number of sulfonamides is 1. The van der Waals surface area contributed by atoms with Gasteiger partial charge in [0.2, 0.25) is 10.0 Å². The fourth-order valence-electron chi connectivity index (χ4n) is 2.47. The monoisotopic (exact) mass is 375 g/mol. The van der Waals surface area contributed by atoms with Crippen molar-refractivity contribution in [3.63, 3.8) is 0 Å². The van der Waals surface area contributed by atoms with Crippen molar-refractivity contribution in [1.82, 2.24) is 14.9 Å². The van der Waals surface area contributed by atoms with E-state index in [1.54, 1.807) is 18.2 Å².